The molecule has 1 aromatic rings. The minimum Gasteiger partial charge on any atom is -0.465 e. The van der Waals surface area contributed by atoms with Crippen molar-refractivity contribution < 1.29 is 14.3 Å². The lowest BCUT2D eigenvalue weighted by molar-refractivity contribution is -0.152. The Labute approximate surface area is 128 Å². The molecule has 1 amide bonds. The molecule has 2 heterocycles. The van der Waals surface area contributed by atoms with Gasteiger partial charge in [0.1, 0.15) is 0 Å². The van der Waals surface area contributed by atoms with Crippen LogP contribution in [0.5, 0.6) is 0 Å². The van der Waals surface area contributed by atoms with Gasteiger partial charge < -0.3 is 20.7 Å². The monoisotopic (exact) mass is 301 g/mol. The number of hydrogen-bond acceptors (Lipinski definition) is 5. The Morgan fingerprint density at radius 1 is 1.36 bits per heavy atom. The summed E-state index contributed by atoms with van der Waals surface area (Å²) < 4.78 is 5.09. The summed E-state index contributed by atoms with van der Waals surface area (Å²) in [5.41, 5.74) is 1.76. The maximum absolute atomic E-state index is 12.3. The SMILES string of the molecule is C=CCC1Nc2cc3c(cc2N1)C(C)(C(=O)OCC)C(=O)N3. The van der Waals surface area contributed by atoms with Gasteiger partial charge in [-0.3, -0.25) is 9.59 Å². The molecular weight excluding hydrogens is 282 g/mol. The molecule has 1 aromatic carbocycles. The molecule has 0 fully saturated rings. The highest BCUT2D eigenvalue weighted by molar-refractivity contribution is 6.19. The Morgan fingerprint density at radius 2 is 2.05 bits per heavy atom. The first-order chi connectivity index (χ1) is 10.5. The number of amides is 1. The van der Waals surface area contributed by atoms with Crippen LogP contribution in [0.1, 0.15) is 25.8 Å². The third kappa shape index (κ3) is 1.94. The van der Waals surface area contributed by atoms with Crippen molar-refractivity contribution in [3.8, 4) is 0 Å². The molecule has 0 spiro atoms. The molecule has 3 rings (SSSR count). The van der Waals surface area contributed by atoms with Crippen LogP contribution in [0.3, 0.4) is 0 Å². The Balaban J connectivity index is 2.00. The van der Waals surface area contributed by atoms with Gasteiger partial charge in [0.15, 0.2) is 5.41 Å². The van der Waals surface area contributed by atoms with Crippen LogP contribution in [0.25, 0.3) is 0 Å². The Bertz CT molecular complexity index is 671. The summed E-state index contributed by atoms with van der Waals surface area (Å²) in [4.78, 5) is 24.6. The van der Waals surface area contributed by atoms with Gasteiger partial charge in [0, 0.05) is 17.7 Å². The quantitative estimate of drug-likeness (QED) is 0.451. The summed E-state index contributed by atoms with van der Waals surface area (Å²) >= 11 is 0. The lowest BCUT2D eigenvalue weighted by Crippen LogP contribution is -2.40. The van der Waals surface area contributed by atoms with Crippen LogP contribution in [0.15, 0.2) is 24.8 Å². The highest BCUT2D eigenvalue weighted by Crippen LogP contribution is 2.44. The van der Waals surface area contributed by atoms with Gasteiger partial charge in [-0.1, -0.05) is 6.08 Å². The summed E-state index contributed by atoms with van der Waals surface area (Å²) in [6, 6.07) is 3.69. The summed E-state index contributed by atoms with van der Waals surface area (Å²) in [5.74, 6) is -0.882. The number of carbonyl (C=O) groups is 2. The standard InChI is InChI=1S/C16H19N3O3/c1-4-6-13-17-11-7-9-10(8-12(11)18-13)19-14(20)16(9,3)15(21)22-5-2/h4,7-8,13,17-18H,1,5-6H2,2-3H3,(H,19,20). The fraction of sp³-hybridized carbons (Fsp3) is 0.375. The number of nitrogens with one attached hydrogen (secondary N) is 3. The van der Waals surface area contributed by atoms with E-state index in [-0.39, 0.29) is 18.7 Å². The van der Waals surface area contributed by atoms with Gasteiger partial charge in [0.2, 0.25) is 5.91 Å². The molecule has 0 saturated carbocycles. The van der Waals surface area contributed by atoms with Crippen LogP contribution in [-0.4, -0.2) is 24.6 Å². The highest BCUT2D eigenvalue weighted by atomic mass is 16.5. The van der Waals surface area contributed by atoms with E-state index < -0.39 is 11.4 Å². The third-order valence-corrected chi connectivity index (χ3v) is 4.14. The number of benzene rings is 1. The number of esters is 1. The fourth-order valence-electron chi connectivity index (χ4n) is 2.90. The summed E-state index contributed by atoms with van der Waals surface area (Å²) in [5, 5.41) is 9.40. The molecular formula is C16H19N3O3. The second-order valence-electron chi connectivity index (χ2n) is 5.61. The molecule has 2 atom stereocenters. The number of rotatable bonds is 4. The molecule has 2 unspecified atom stereocenters. The molecule has 3 N–H and O–H groups in total. The van der Waals surface area contributed by atoms with E-state index in [1.165, 1.54) is 0 Å². The highest BCUT2D eigenvalue weighted by Gasteiger charge is 2.51. The van der Waals surface area contributed by atoms with Crippen LogP contribution < -0.4 is 16.0 Å². The van der Waals surface area contributed by atoms with Gasteiger partial charge in [-0.25, -0.2) is 0 Å². The van der Waals surface area contributed by atoms with Crippen molar-refractivity contribution in [1.29, 1.82) is 0 Å². The molecule has 0 aromatic heterocycles. The van der Waals surface area contributed by atoms with Gasteiger partial charge in [-0.15, -0.1) is 6.58 Å². The van der Waals surface area contributed by atoms with Crippen LogP contribution in [0, 0.1) is 0 Å². The maximum Gasteiger partial charge on any atom is 0.326 e. The largest absolute Gasteiger partial charge is 0.465 e. The van der Waals surface area contributed by atoms with E-state index in [1.807, 2.05) is 18.2 Å². The van der Waals surface area contributed by atoms with Gasteiger partial charge in [0.05, 0.1) is 24.1 Å². The molecule has 0 radical (unpaired) electrons. The second-order valence-corrected chi connectivity index (χ2v) is 5.61. The second kappa shape index (κ2) is 5.05. The van der Waals surface area contributed by atoms with Crippen LogP contribution in [0.2, 0.25) is 0 Å². The first-order valence-corrected chi connectivity index (χ1v) is 7.31. The Kier molecular flexibility index (Phi) is 3.31. The van der Waals surface area contributed by atoms with Crippen molar-refractivity contribution >= 4 is 28.9 Å². The summed E-state index contributed by atoms with van der Waals surface area (Å²) in [7, 11) is 0. The normalized spacial score (nSPS) is 24.6. The molecule has 0 saturated heterocycles. The Morgan fingerprint density at radius 3 is 2.68 bits per heavy atom. The molecule has 2 aliphatic heterocycles. The smallest absolute Gasteiger partial charge is 0.326 e. The minimum absolute atomic E-state index is 0.0691. The first-order valence-electron chi connectivity index (χ1n) is 7.31. The van der Waals surface area contributed by atoms with Crippen molar-refractivity contribution in [2.45, 2.75) is 31.8 Å². The van der Waals surface area contributed by atoms with Gasteiger partial charge in [-0.2, -0.15) is 0 Å². The molecule has 116 valence electrons. The Hall–Kier alpha value is -2.50. The number of carbonyl (C=O) groups excluding carboxylic acids is 2. The van der Waals surface area contributed by atoms with Gasteiger partial charge in [0.25, 0.3) is 0 Å². The predicted octanol–water partition coefficient (Wildman–Crippen LogP) is 2.20. The van der Waals surface area contributed by atoms with E-state index in [4.69, 9.17) is 4.74 Å². The van der Waals surface area contributed by atoms with E-state index in [9.17, 15) is 9.59 Å². The minimum atomic E-state index is -1.31. The maximum atomic E-state index is 12.3. The van der Waals surface area contributed by atoms with Crippen LogP contribution in [0.4, 0.5) is 17.1 Å². The third-order valence-electron chi connectivity index (χ3n) is 4.14. The van der Waals surface area contributed by atoms with Crippen molar-refractivity contribution in [1.82, 2.24) is 0 Å². The van der Waals surface area contributed by atoms with E-state index >= 15 is 0 Å². The lowest BCUT2D eigenvalue weighted by Gasteiger charge is -2.20. The van der Waals surface area contributed by atoms with E-state index in [1.54, 1.807) is 13.8 Å². The van der Waals surface area contributed by atoms with Crippen LogP contribution in [-0.2, 0) is 19.7 Å². The molecule has 2 aliphatic rings. The van der Waals surface area contributed by atoms with Crippen molar-refractivity contribution in [2.24, 2.45) is 0 Å². The zero-order valence-corrected chi connectivity index (χ0v) is 12.7. The first kappa shape index (κ1) is 14.4. The predicted molar refractivity (Wildman–Crippen MR) is 84.9 cm³/mol. The van der Waals surface area contributed by atoms with Crippen molar-refractivity contribution in [3.05, 3.63) is 30.4 Å². The average molecular weight is 301 g/mol. The van der Waals surface area contributed by atoms with Crippen LogP contribution >= 0.6 is 0 Å². The lowest BCUT2D eigenvalue weighted by atomic mass is 9.83. The van der Waals surface area contributed by atoms with Crippen molar-refractivity contribution in [3.63, 3.8) is 0 Å². The zero-order valence-electron chi connectivity index (χ0n) is 12.7. The topological polar surface area (TPSA) is 79.5 Å². The summed E-state index contributed by atoms with van der Waals surface area (Å²) in [6.07, 6.45) is 2.66. The molecule has 6 heteroatoms. The van der Waals surface area contributed by atoms with E-state index in [0.717, 1.165) is 17.8 Å². The average Bonchev–Trinajstić information content (AvgIpc) is 2.97. The molecule has 0 aliphatic carbocycles. The fourth-order valence-corrected chi connectivity index (χ4v) is 2.90. The number of hydrogen-bond donors (Lipinski definition) is 3. The van der Waals surface area contributed by atoms with E-state index in [2.05, 4.69) is 22.5 Å². The molecule has 22 heavy (non-hydrogen) atoms. The number of anilines is 3. The van der Waals surface area contributed by atoms with E-state index in [0.29, 0.717) is 11.3 Å². The van der Waals surface area contributed by atoms with Gasteiger partial charge >= 0.3 is 5.97 Å². The van der Waals surface area contributed by atoms with Crippen molar-refractivity contribution in [2.75, 3.05) is 22.6 Å². The molecule has 6 nitrogen and oxygen atoms in total. The number of fused-ring (bicyclic) bond motifs is 2. The van der Waals surface area contributed by atoms with Gasteiger partial charge in [-0.05, 0) is 26.0 Å². The number of ether oxygens (including phenoxy) is 1. The zero-order chi connectivity index (χ0) is 15.9. The molecule has 0 bridgehead atoms. The summed E-state index contributed by atoms with van der Waals surface area (Å²) in [6.45, 7) is 7.29.